The van der Waals surface area contributed by atoms with E-state index >= 15 is 0 Å². The van der Waals surface area contributed by atoms with Crippen molar-refractivity contribution in [2.24, 2.45) is 11.5 Å². The van der Waals surface area contributed by atoms with Gasteiger partial charge in [-0.15, -0.1) is 0 Å². The van der Waals surface area contributed by atoms with Crippen molar-refractivity contribution in [2.75, 3.05) is 5.32 Å². The van der Waals surface area contributed by atoms with Gasteiger partial charge in [-0.3, -0.25) is 4.79 Å². The fourth-order valence-electron chi connectivity index (χ4n) is 2.54. The van der Waals surface area contributed by atoms with E-state index in [4.69, 9.17) is 16.6 Å². The molecule has 0 fully saturated rings. The summed E-state index contributed by atoms with van der Waals surface area (Å²) in [4.78, 5) is 22.6. The summed E-state index contributed by atoms with van der Waals surface area (Å²) >= 11 is 0. The van der Waals surface area contributed by atoms with E-state index in [0.717, 1.165) is 16.7 Å². The minimum absolute atomic E-state index is 0.0147. The maximum atomic E-state index is 11.5. The molecule has 26 heavy (non-hydrogen) atoms. The number of carbonyl (C=O) groups excluding carboxylic acids is 2. The number of carbonyl (C=O) groups is 2. The number of nitrogens with one attached hydrogen (secondary N) is 1. The molecule has 0 atom stereocenters. The first-order valence-corrected chi connectivity index (χ1v) is 7.74. The van der Waals surface area contributed by atoms with E-state index in [9.17, 15) is 9.59 Å². The van der Waals surface area contributed by atoms with Gasteiger partial charge in [0.15, 0.2) is 5.69 Å². The van der Waals surface area contributed by atoms with Gasteiger partial charge in [-0.05, 0) is 28.8 Å². The standard InChI is InChI=1S/C18H17N5O3/c19-17(25)16-15(21-18(20)26)9-23(22-16)14-3-1-2-13(8-14)12-6-4-11(10-24)5-7-12/h1-9,24H,10H2,(H2,19,25)(H3,20,21,26). The molecule has 3 rings (SSSR count). The van der Waals surface area contributed by atoms with Gasteiger partial charge in [-0.25, -0.2) is 9.48 Å². The normalized spacial score (nSPS) is 10.5. The second-order valence-corrected chi connectivity index (χ2v) is 5.59. The first kappa shape index (κ1) is 17.2. The molecule has 1 aromatic heterocycles. The minimum Gasteiger partial charge on any atom is -0.392 e. The molecule has 0 radical (unpaired) electrons. The van der Waals surface area contributed by atoms with Crippen molar-refractivity contribution in [2.45, 2.75) is 6.61 Å². The molecule has 0 unspecified atom stereocenters. The van der Waals surface area contributed by atoms with Crippen LogP contribution in [-0.2, 0) is 6.61 Å². The van der Waals surface area contributed by atoms with Crippen LogP contribution in [0.15, 0.2) is 54.7 Å². The molecule has 3 aromatic rings. The second-order valence-electron chi connectivity index (χ2n) is 5.59. The average molecular weight is 351 g/mol. The lowest BCUT2D eigenvalue weighted by atomic mass is 10.0. The minimum atomic E-state index is -0.815. The summed E-state index contributed by atoms with van der Waals surface area (Å²) in [6.45, 7) is -0.0147. The number of aliphatic hydroxyl groups is 1. The number of urea groups is 1. The number of aromatic nitrogens is 2. The Hall–Kier alpha value is -3.65. The van der Waals surface area contributed by atoms with Gasteiger partial charge in [0.05, 0.1) is 24.2 Å². The van der Waals surface area contributed by atoms with E-state index in [1.54, 1.807) is 6.07 Å². The Morgan fingerprint density at radius 1 is 1.08 bits per heavy atom. The van der Waals surface area contributed by atoms with Crippen molar-refractivity contribution in [3.8, 4) is 16.8 Å². The Labute approximate surface area is 149 Å². The van der Waals surface area contributed by atoms with Crippen molar-refractivity contribution in [1.29, 1.82) is 0 Å². The Morgan fingerprint density at radius 3 is 2.42 bits per heavy atom. The lowest BCUT2D eigenvalue weighted by Crippen LogP contribution is -2.22. The fourth-order valence-corrected chi connectivity index (χ4v) is 2.54. The summed E-state index contributed by atoms with van der Waals surface area (Å²) in [5.74, 6) is -0.775. The van der Waals surface area contributed by atoms with E-state index in [1.807, 2.05) is 42.5 Å². The molecule has 0 aliphatic heterocycles. The third kappa shape index (κ3) is 3.55. The Bertz CT molecular complexity index is 963. The monoisotopic (exact) mass is 351 g/mol. The van der Waals surface area contributed by atoms with Crippen LogP contribution >= 0.6 is 0 Å². The van der Waals surface area contributed by atoms with Gasteiger partial charge in [-0.1, -0.05) is 36.4 Å². The van der Waals surface area contributed by atoms with Crippen molar-refractivity contribution in [3.05, 3.63) is 66.0 Å². The van der Waals surface area contributed by atoms with Gasteiger partial charge in [-0.2, -0.15) is 5.10 Å². The van der Waals surface area contributed by atoms with Crippen LogP contribution in [0.25, 0.3) is 16.8 Å². The number of rotatable bonds is 5. The molecule has 0 spiro atoms. The molecule has 132 valence electrons. The number of hydrogen-bond acceptors (Lipinski definition) is 4. The van der Waals surface area contributed by atoms with Gasteiger partial charge in [0.25, 0.3) is 5.91 Å². The molecule has 0 bridgehead atoms. The number of amides is 3. The summed E-state index contributed by atoms with van der Waals surface area (Å²) in [7, 11) is 0. The van der Waals surface area contributed by atoms with Crippen molar-refractivity contribution in [3.63, 3.8) is 0 Å². The second kappa shape index (κ2) is 7.08. The molecule has 0 saturated heterocycles. The molecule has 6 N–H and O–H groups in total. The molecule has 8 heteroatoms. The van der Waals surface area contributed by atoms with Crippen molar-refractivity contribution < 1.29 is 14.7 Å². The lowest BCUT2D eigenvalue weighted by molar-refractivity contribution is 0.0996. The van der Waals surface area contributed by atoms with Crippen LogP contribution in [0.2, 0.25) is 0 Å². The molecule has 8 nitrogen and oxygen atoms in total. The SMILES string of the molecule is NC(=O)Nc1cn(-c2cccc(-c3ccc(CO)cc3)c2)nc1C(N)=O. The van der Waals surface area contributed by atoms with Crippen LogP contribution in [0.1, 0.15) is 16.1 Å². The molecule has 2 aromatic carbocycles. The van der Waals surface area contributed by atoms with Crippen LogP contribution in [0, 0.1) is 0 Å². The van der Waals surface area contributed by atoms with Crippen LogP contribution < -0.4 is 16.8 Å². The first-order chi connectivity index (χ1) is 12.5. The highest BCUT2D eigenvalue weighted by Crippen LogP contribution is 2.24. The lowest BCUT2D eigenvalue weighted by Gasteiger charge is -2.06. The number of aliphatic hydroxyl groups excluding tert-OH is 1. The van der Waals surface area contributed by atoms with E-state index in [1.165, 1.54) is 10.9 Å². The van der Waals surface area contributed by atoms with Crippen LogP contribution in [0.3, 0.4) is 0 Å². The maximum absolute atomic E-state index is 11.5. The predicted octanol–water partition coefficient (Wildman–Crippen LogP) is 1.62. The first-order valence-electron chi connectivity index (χ1n) is 7.74. The molecule has 1 heterocycles. The third-order valence-electron chi connectivity index (χ3n) is 3.79. The molecule has 0 aliphatic rings. The summed E-state index contributed by atoms with van der Waals surface area (Å²) in [6, 6.07) is 14.1. The zero-order valence-corrected chi connectivity index (χ0v) is 13.7. The van der Waals surface area contributed by atoms with Crippen molar-refractivity contribution >= 4 is 17.6 Å². The van der Waals surface area contributed by atoms with E-state index < -0.39 is 11.9 Å². The number of anilines is 1. The molecular weight excluding hydrogens is 334 g/mol. The van der Waals surface area contributed by atoms with Crippen molar-refractivity contribution in [1.82, 2.24) is 9.78 Å². The topological polar surface area (TPSA) is 136 Å². The number of primary amides is 2. The average Bonchev–Trinajstić information content (AvgIpc) is 3.05. The van der Waals surface area contributed by atoms with E-state index in [2.05, 4.69) is 10.4 Å². The van der Waals surface area contributed by atoms with Gasteiger partial charge in [0.1, 0.15) is 0 Å². The molecule has 3 amide bonds. The van der Waals surface area contributed by atoms with Crippen LogP contribution in [0.5, 0.6) is 0 Å². The number of benzene rings is 2. The summed E-state index contributed by atoms with van der Waals surface area (Å²) in [5, 5.41) is 15.6. The molecule has 0 saturated carbocycles. The zero-order valence-electron chi connectivity index (χ0n) is 13.7. The highest BCUT2D eigenvalue weighted by molar-refractivity contribution is 6.00. The number of nitrogens with zero attached hydrogens (tertiary/aromatic N) is 2. The highest BCUT2D eigenvalue weighted by atomic mass is 16.3. The molecule has 0 aliphatic carbocycles. The fraction of sp³-hybridized carbons (Fsp3) is 0.0556. The summed E-state index contributed by atoms with van der Waals surface area (Å²) in [5.41, 5.74) is 13.9. The molecular formula is C18H17N5O3. The quantitative estimate of drug-likeness (QED) is 0.555. The summed E-state index contributed by atoms with van der Waals surface area (Å²) in [6.07, 6.45) is 1.47. The number of hydrogen-bond donors (Lipinski definition) is 4. The predicted molar refractivity (Wildman–Crippen MR) is 96.6 cm³/mol. The van der Waals surface area contributed by atoms with E-state index in [0.29, 0.717) is 5.69 Å². The Kier molecular flexibility index (Phi) is 4.68. The smallest absolute Gasteiger partial charge is 0.316 e. The van der Waals surface area contributed by atoms with Crippen LogP contribution in [-0.4, -0.2) is 26.8 Å². The number of nitrogens with two attached hydrogens (primary N) is 2. The van der Waals surface area contributed by atoms with Crippen LogP contribution in [0.4, 0.5) is 10.5 Å². The maximum Gasteiger partial charge on any atom is 0.316 e. The van der Waals surface area contributed by atoms with Gasteiger partial charge >= 0.3 is 6.03 Å². The zero-order chi connectivity index (χ0) is 18.7. The Balaban J connectivity index is 1.99. The third-order valence-corrected chi connectivity index (χ3v) is 3.79. The van der Waals surface area contributed by atoms with E-state index in [-0.39, 0.29) is 18.0 Å². The highest BCUT2D eigenvalue weighted by Gasteiger charge is 2.16. The Morgan fingerprint density at radius 2 is 1.81 bits per heavy atom. The van der Waals surface area contributed by atoms with Gasteiger partial charge in [0.2, 0.25) is 0 Å². The largest absolute Gasteiger partial charge is 0.392 e. The summed E-state index contributed by atoms with van der Waals surface area (Å²) < 4.78 is 1.44. The van der Waals surface area contributed by atoms with Gasteiger partial charge < -0.3 is 21.9 Å². The van der Waals surface area contributed by atoms with Gasteiger partial charge in [0, 0.05) is 0 Å².